The Hall–Kier alpha value is -2.81. The molecule has 29 heavy (non-hydrogen) atoms. The van der Waals surface area contributed by atoms with Crippen molar-refractivity contribution in [2.45, 2.75) is 57.4 Å². The summed E-state index contributed by atoms with van der Waals surface area (Å²) < 4.78 is 0. The van der Waals surface area contributed by atoms with Gasteiger partial charge in [-0.25, -0.2) is 0 Å². The normalized spacial score (nSPS) is 22.2. The average Bonchev–Trinajstić information content (AvgIpc) is 3.36. The van der Waals surface area contributed by atoms with E-state index in [9.17, 15) is 4.79 Å². The van der Waals surface area contributed by atoms with E-state index in [0.717, 1.165) is 24.8 Å². The van der Waals surface area contributed by atoms with Gasteiger partial charge in [0.2, 0.25) is 0 Å². The fourth-order valence-electron chi connectivity index (χ4n) is 5.58. The molecule has 0 bridgehead atoms. The smallest absolute Gasteiger partial charge is 0.168 e. The Balaban J connectivity index is 1.85. The third-order valence-electron chi connectivity index (χ3n) is 6.93. The van der Waals surface area contributed by atoms with E-state index in [1.807, 2.05) is 26.1 Å². The largest absolute Gasteiger partial charge is 0.373 e. The summed E-state index contributed by atoms with van der Waals surface area (Å²) in [5.74, 6) is 0.236. The number of aromatic nitrogens is 1. The minimum Gasteiger partial charge on any atom is -0.373 e. The number of aromatic amines is 1. The summed E-state index contributed by atoms with van der Waals surface area (Å²) in [7, 11) is 0. The Kier molecular flexibility index (Phi) is 3.83. The van der Waals surface area contributed by atoms with Crippen LogP contribution in [0.5, 0.6) is 0 Å². The first-order valence-electron chi connectivity index (χ1n) is 10.6. The SMILES string of the molecule is C=CCC1(C)C(=O)C(C)(C)Nc2c1cc(-c1cccc3cc[nH]c13)c1c2CCC1. The molecule has 0 fully saturated rings. The zero-order valence-corrected chi connectivity index (χ0v) is 17.5. The topological polar surface area (TPSA) is 44.9 Å². The number of allylic oxidation sites excluding steroid dienone is 1. The Bertz CT molecular complexity index is 1170. The molecule has 148 valence electrons. The van der Waals surface area contributed by atoms with Crippen molar-refractivity contribution in [3.63, 3.8) is 0 Å². The number of carbonyl (C=O) groups is 1. The number of ketones is 1. The summed E-state index contributed by atoms with van der Waals surface area (Å²) in [6.45, 7) is 10.1. The van der Waals surface area contributed by atoms with Crippen molar-refractivity contribution in [3.8, 4) is 11.1 Å². The highest BCUT2D eigenvalue weighted by Gasteiger charge is 2.49. The minimum absolute atomic E-state index is 0.236. The summed E-state index contributed by atoms with van der Waals surface area (Å²) in [5, 5.41) is 4.84. The highest BCUT2D eigenvalue weighted by Crippen LogP contribution is 2.50. The van der Waals surface area contributed by atoms with Gasteiger partial charge in [-0.3, -0.25) is 4.79 Å². The molecule has 0 spiro atoms. The highest BCUT2D eigenvalue weighted by atomic mass is 16.1. The molecule has 0 saturated carbocycles. The number of Topliss-reactive ketones (excluding diaryl/α,β-unsaturated/α-hetero) is 1. The summed E-state index contributed by atoms with van der Waals surface area (Å²) >= 11 is 0. The van der Waals surface area contributed by atoms with E-state index in [1.54, 1.807) is 0 Å². The molecule has 1 aromatic heterocycles. The molecule has 2 aliphatic rings. The second kappa shape index (κ2) is 6.09. The van der Waals surface area contributed by atoms with Gasteiger partial charge in [0.1, 0.15) is 0 Å². The van der Waals surface area contributed by atoms with E-state index in [1.165, 1.54) is 38.8 Å². The van der Waals surface area contributed by atoms with Crippen LogP contribution in [0.1, 0.15) is 50.3 Å². The van der Waals surface area contributed by atoms with Gasteiger partial charge in [-0.05, 0) is 86.2 Å². The number of benzene rings is 2. The Labute approximate surface area is 172 Å². The predicted molar refractivity (Wildman–Crippen MR) is 121 cm³/mol. The fraction of sp³-hybridized carbons (Fsp3) is 0.346. The molecule has 3 aromatic rings. The molecule has 1 aliphatic carbocycles. The maximum Gasteiger partial charge on any atom is 0.168 e. The second-order valence-electron chi connectivity index (χ2n) is 9.31. The number of para-hydroxylation sites is 1. The van der Waals surface area contributed by atoms with Crippen molar-refractivity contribution in [3.05, 3.63) is 65.9 Å². The van der Waals surface area contributed by atoms with Gasteiger partial charge in [0.05, 0.1) is 16.5 Å². The molecular weight excluding hydrogens is 356 g/mol. The number of anilines is 1. The van der Waals surface area contributed by atoms with Gasteiger partial charge >= 0.3 is 0 Å². The first kappa shape index (κ1) is 18.2. The third-order valence-corrected chi connectivity index (χ3v) is 6.93. The van der Waals surface area contributed by atoms with E-state index in [2.05, 4.69) is 54.1 Å². The molecule has 0 amide bonds. The zero-order chi connectivity index (χ0) is 20.4. The molecule has 2 aromatic carbocycles. The first-order chi connectivity index (χ1) is 13.9. The van der Waals surface area contributed by atoms with Crippen molar-refractivity contribution in [2.75, 3.05) is 5.32 Å². The van der Waals surface area contributed by atoms with Crippen molar-refractivity contribution in [1.29, 1.82) is 0 Å². The lowest BCUT2D eigenvalue weighted by Crippen LogP contribution is -2.55. The van der Waals surface area contributed by atoms with Gasteiger partial charge in [0.15, 0.2) is 5.78 Å². The van der Waals surface area contributed by atoms with Crippen LogP contribution in [0.2, 0.25) is 0 Å². The number of H-pyrrole nitrogens is 1. The molecule has 2 N–H and O–H groups in total. The van der Waals surface area contributed by atoms with Gasteiger partial charge in [0, 0.05) is 17.4 Å². The quantitative estimate of drug-likeness (QED) is 0.550. The lowest BCUT2D eigenvalue weighted by atomic mass is 9.65. The van der Waals surface area contributed by atoms with Crippen LogP contribution in [0, 0.1) is 0 Å². The molecule has 3 heteroatoms. The van der Waals surface area contributed by atoms with E-state index < -0.39 is 11.0 Å². The maximum atomic E-state index is 13.5. The standard InChI is InChI=1S/C26H28N2O/c1-5-13-26(4)21-15-20(19-10-6-8-16-12-14-27-22(16)19)17-9-7-11-18(17)23(21)28-25(2,3)24(26)29/h5-6,8,10,12,14-15,27-28H,1,7,9,11,13H2,2-4H3. The second-order valence-corrected chi connectivity index (χ2v) is 9.31. The number of hydrogen-bond acceptors (Lipinski definition) is 2. The Morgan fingerprint density at radius 2 is 1.90 bits per heavy atom. The number of rotatable bonds is 3. The van der Waals surface area contributed by atoms with Crippen LogP contribution in [-0.4, -0.2) is 16.3 Å². The van der Waals surface area contributed by atoms with Crippen molar-refractivity contribution in [1.82, 2.24) is 4.98 Å². The average molecular weight is 385 g/mol. The van der Waals surface area contributed by atoms with Crippen LogP contribution in [0.25, 0.3) is 22.0 Å². The monoisotopic (exact) mass is 384 g/mol. The van der Waals surface area contributed by atoms with Crippen LogP contribution in [0.3, 0.4) is 0 Å². The van der Waals surface area contributed by atoms with Crippen molar-refractivity contribution >= 4 is 22.4 Å². The molecule has 1 unspecified atom stereocenters. The van der Waals surface area contributed by atoms with Gasteiger partial charge in [-0.1, -0.05) is 24.3 Å². The van der Waals surface area contributed by atoms with E-state index >= 15 is 0 Å². The third kappa shape index (κ3) is 2.46. The Morgan fingerprint density at radius 1 is 1.10 bits per heavy atom. The number of fused-ring (bicyclic) bond motifs is 4. The predicted octanol–water partition coefficient (Wildman–Crippen LogP) is 5.93. The highest BCUT2D eigenvalue weighted by molar-refractivity contribution is 6.05. The van der Waals surface area contributed by atoms with Crippen LogP contribution in [-0.2, 0) is 23.1 Å². The van der Waals surface area contributed by atoms with Gasteiger partial charge in [0.25, 0.3) is 0 Å². The summed E-state index contributed by atoms with van der Waals surface area (Å²) in [4.78, 5) is 17.0. The maximum absolute atomic E-state index is 13.5. The molecule has 0 saturated heterocycles. The minimum atomic E-state index is -0.581. The molecule has 1 aliphatic heterocycles. The zero-order valence-electron chi connectivity index (χ0n) is 17.5. The van der Waals surface area contributed by atoms with E-state index in [-0.39, 0.29) is 5.78 Å². The van der Waals surface area contributed by atoms with Gasteiger partial charge < -0.3 is 10.3 Å². The van der Waals surface area contributed by atoms with Crippen LogP contribution in [0.15, 0.2) is 49.2 Å². The summed E-state index contributed by atoms with van der Waals surface area (Å²) in [5.41, 5.74) is 7.67. The number of nitrogens with one attached hydrogen (secondary N) is 2. The fourth-order valence-corrected chi connectivity index (χ4v) is 5.58. The lowest BCUT2D eigenvalue weighted by Gasteiger charge is -2.44. The van der Waals surface area contributed by atoms with E-state index in [0.29, 0.717) is 6.42 Å². The Morgan fingerprint density at radius 3 is 2.69 bits per heavy atom. The van der Waals surface area contributed by atoms with Crippen LogP contribution < -0.4 is 5.32 Å². The van der Waals surface area contributed by atoms with Gasteiger partial charge in [-0.15, -0.1) is 6.58 Å². The van der Waals surface area contributed by atoms with E-state index in [4.69, 9.17) is 0 Å². The molecular formula is C26H28N2O. The molecule has 2 heterocycles. The van der Waals surface area contributed by atoms with Crippen molar-refractivity contribution < 1.29 is 4.79 Å². The molecule has 1 atom stereocenters. The molecule has 5 rings (SSSR count). The van der Waals surface area contributed by atoms with Crippen LogP contribution >= 0.6 is 0 Å². The first-order valence-corrected chi connectivity index (χ1v) is 10.6. The summed E-state index contributed by atoms with van der Waals surface area (Å²) in [6, 6.07) is 10.9. The number of carbonyl (C=O) groups excluding carboxylic acids is 1. The number of hydrogen-bond donors (Lipinski definition) is 2. The molecule has 3 nitrogen and oxygen atoms in total. The van der Waals surface area contributed by atoms with Gasteiger partial charge in [-0.2, -0.15) is 0 Å². The lowest BCUT2D eigenvalue weighted by molar-refractivity contribution is -0.128. The van der Waals surface area contributed by atoms with Crippen molar-refractivity contribution in [2.24, 2.45) is 0 Å². The van der Waals surface area contributed by atoms with Crippen LogP contribution in [0.4, 0.5) is 5.69 Å². The molecule has 0 radical (unpaired) electrons. The summed E-state index contributed by atoms with van der Waals surface area (Å²) in [6.07, 6.45) is 7.85.